The van der Waals surface area contributed by atoms with Crippen LogP contribution >= 0.6 is 0 Å². The Balaban J connectivity index is 1.36. The quantitative estimate of drug-likeness (QED) is 0.206. The number of carbonyl (C=O) groups excluding carboxylic acids is 1. The fourth-order valence-corrected chi connectivity index (χ4v) is 4.43. The Morgan fingerprint density at radius 1 is 0.893 bits per heavy atom. The number of amides is 1. The lowest BCUT2D eigenvalue weighted by Gasteiger charge is -2.20. The largest absolute Gasteiger partial charge is 0.300 e. The number of hydrogen-bond acceptors (Lipinski definition) is 2. The van der Waals surface area contributed by atoms with E-state index in [0.717, 1.165) is 38.2 Å². The van der Waals surface area contributed by atoms with E-state index in [1.54, 1.807) is 0 Å². The Labute approximate surface area is 174 Å². The number of allylic oxidation sites excluding steroid dienone is 2. The molecule has 2 aliphatic heterocycles. The number of rotatable bonds is 16. The summed E-state index contributed by atoms with van der Waals surface area (Å²) in [4.78, 5) is 18.8. The van der Waals surface area contributed by atoms with Crippen molar-refractivity contribution in [2.75, 3.05) is 13.1 Å². The molecular formula is C25H44N2O. The van der Waals surface area contributed by atoms with Crippen molar-refractivity contribution in [3.63, 3.8) is 0 Å². The topological polar surface area (TPSA) is 32.7 Å². The van der Waals surface area contributed by atoms with Crippen molar-refractivity contribution in [3.8, 4) is 0 Å². The molecule has 3 heteroatoms. The lowest BCUT2D eigenvalue weighted by atomic mass is 10.0. The average molecular weight is 389 g/mol. The van der Waals surface area contributed by atoms with Crippen LogP contribution < -0.4 is 0 Å². The van der Waals surface area contributed by atoms with E-state index in [1.807, 2.05) is 4.90 Å². The summed E-state index contributed by atoms with van der Waals surface area (Å²) in [6.45, 7) is 4.08. The summed E-state index contributed by atoms with van der Waals surface area (Å²) in [5, 5.41) is 0. The lowest BCUT2D eigenvalue weighted by molar-refractivity contribution is -0.129. The van der Waals surface area contributed by atoms with Gasteiger partial charge < -0.3 is 4.90 Å². The minimum Gasteiger partial charge on any atom is -0.300 e. The van der Waals surface area contributed by atoms with E-state index in [9.17, 15) is 4.79 Å². The predicted molar refractivity (Wildman–Crippen MR) is 121 cm³/mol. The van der Waals surface area contributed by atoms with Crippen molar-refractivity contribution in [1.82, 2.24) is 4.90 Å². The van der Waals surface area contributed by atoms with Gasteiger partial charge in [0.2, 0.25) is 5.91 Å². The summed E-state index contributed by atoms with van der Waals surface area (Å²) in [5.41, 5.74) is 0. The first-order valence-electron chi connectivity index (χ1n) is 12.3. The molecule has 0 spiro atoms. The number of amidine groups is 1. The van der Waals surface area contributed by atoms with Crippen molar-refractivity contribution in [1.29, 1.82) is 0 Å². The van der Waals surface area contributed by atoms with Gasteiger partial charge in [0, 0.05) is 25.4 Å². The molecule has 3 nitrogen and oxygen atoms in total. The molecule has 1 fully saturated rings. The van der Waals surface area contributed by atoms with E-state index in [4.69, 9.17) is 0 Å². The third kappa shape index (κ3) is 8.92. The zero-order chi connectivity index (χ0) is 19.9. The van der Waals surface area contributed by atoms with Crippen LogP contribution in [0.3, 0.4) is 0 Å². The molecule has 0 aromatic rings. The summed E-state index contributed by atoms with van der Waals surface area (Å²) in [6.07, 6.45) is 26.8. The Kier molecular flexibility index (Phi) is 12.3. The Morgan fingerprint density at radius 3 is 2.11 bits per heavy atom. The minimum absolute atomic E-state index is 0.153. The van der Waals surface area contributed by atoms with Crippen molar-refractivity contribution in [2.24, 2.45) is 10.9 Å². The van der Waals surface area contributed by atoms with E-state index in [-0.39, 0.29) is 5.92 Å². The molecule has 0 aromatic heterocycles. The van der Waals surface area contributed by atoms with Crippen LogP contribution in [0.5, 0.6) is 0 Å². The van der Waals surface area contributed by atoms with E-state index < -0.39 is 0 Å². The van der Waals surface area contributed by atoms with Crippen LogP contribution in [0.15, 0.2) is 17.1 Å². The molecule has 0 saturated carbocycles. The van der Waals surface area contributed by atoms with Crippen LogP contribution in [0.25, 0.3) is 0 Å². The first-order valence-corrected chi connectivity index (χ1v) is 12.3. The number of unbranched alkanes of at least 4 members (excludes halogenated alkanes) is 13. The highest BCUT2D eigenvalue weighted by atomic mass is 16.2. The normalized spacial score (nSPS) is 19.5. The van der Waals surface area contributed by atoms with Gasteiger partial charge in [0.05, 0.1) is 0 Å². The van der Waals surface area contributed by atoms with Crippen molar-refractivity contribution in [2.45, 2.75) is 116 Å². The van der Waals surface area contributed by atoms with Crippen LogP contribution in [0.1, 0.15) is 116 Å². The Morgan fingerprint density at radius 2 is 1.50 bits per heavy atom. The van der Waals surface area contributed by atoms with Crippen LogP contribution in [-0.4, -0.2) is 29.7 Å². The van der Waals surface area contributed by atoms with Crippen LogP contribution in [0.2, 0.25) is 0 Å². The molecule has 160 valence electrons. The maximum Gasteiger partial charge on any atom is 0.231 e. The van der Waals surface area contributed by atoms with Gasteiger partial charge in [0.25, 0.3) is 0 Å². The second-order valence-corrected chi connectivity index (χ2v) is 8.78. The number of carbonyl (C=O) groups is 1. The second-order valence-electron chi connectivity index (χ2n) is 8.78. The highest BCUT2D eigenvalue weighted by Crippen LogP contribution is 2.26. The smallest absolute Gasteiger partial charge is 0.231 e. The van der Waals surface area contributed by atoms with Crippen LogP contribution in [-0.2, 0) is 4.79 Å². The number of hydrogen-bond donors (Lipinski definition) is 0. The summed E-state index contributed by atoms with van der Waals surface area (Å²) in [6, 6.07) is 0. The third-order valence-electron chi connectivity index (χ3n) is 6.25. The van der Waals surface area contributed by atoms with E-state index >= 15 is 0 Å². The van der Waals surface area contributed by atoms with Gasteiger partial charge in [-0.15, -0.1) is 0 Å². The summed E-state index contributed by atoms with van der Waals surface area (Å²) in [7, 11) is 0. The lowest BCUT2D eigenvalue weighted by Crippen LogP contribution is -2.34. The molecule has 2 heterocycles. The molecule has 0 bridgehead atoms. The molecule has 0 radical (unpaired) electrons. The number of aliphatic imine (C=N–C) groups is 1. The standard InChI is InChI=1S/C25H44N2O/c1-2-3-4-5-6-7-8-9-10-11-12-13-14-15-16-17-19-23-22-24-26-20-18-21-27(24)25(23)28/h16-17,23H,2-15,18-22H2,1H3/b17-16+. The fourth-order valence-electron chi connectivity index (χ4n) is 4.43. The summed E-state index contributed by atoms with van der Waals surface area (Å²) >= 11 is 0. The zero-order valence-electron chi connectivity index (χ0n) is 18.5. The molecule has 0 aromatic carbocycles. The van der Waals surface area contributed by atoms with Gasteiger partial charge in [-0.1, -0.05) is 96.1 Å². The highest BCUT2D eigenvalue weighted by molar-refractivity contribution is 6.06. The predicted octanol–water partition coefficient (Wildman–Crippen LogP) is 7.06. The van der Waals surface area contributed by atoms with Crippen molar-refractivity contribution in [3.05, 3.63) is 12.2 Å². The van der Waals surface area contributed by atoms with Gasteiger partial charge in [-0.05, 0) is 25.7 Å². The van der Waals surface area contributed by atoms with Gasteiger partial charge in [0.1, 0.15) is 5.84 Å². The summed E-state index contributed by atoms with van der Waals surface area (Å²) < 4.78 is 0. The zero-order valence-corrected chi connectivity index (χ0v) is 18.5. The first-order chi connectivity index (χ1) is 13.8. The molecule has 1 amide bonds. The third-order valence-corrected chi connectivity index (χ3v) is 6.25. The Hall–Kier alpha value is -1.12. The fraction of sp³-hybridized carbons (Fsp3) is 0.840. The van der Waals surface area contributed by atoms with Gasteiger partial charge in [-0.25, -0.2) is 0 Å². The van der Waals surface area contributed by atoms with E-state index in [2.05, 4.69) is 24.1 Å². The number of nitrogens with zero attached hydrogens (tertiary/aromatic N) is 2. The minimum atomic E-state index is 0.153. The van der Waals surface area contributed by atoms with E-state index in [1.165, 1.54) is 89.9 Å². The maximum atomic E-state index is 12.3. The second kappa shape index (κ2) is 14.8. The summed E-state index contributed by atoms with van der Waals surface area (Å²) in [5.74, 6) is 1.51. The molecule has 0 aliphatic carbocycles. The van der Waals surface area contributed by atoms with Crippen molar-refractivity contribution >= 4 is 11.7 Å². The molecule has 0 N–H and O–H groups in total. The molecular weight excluding hydrogens is 344 g/mol. The first kappa shape index (κ1) is 23.2. The highest BCUT2D eigenvalue weighted by Gasteiger charge is 2.36. The molecule has 28 heavy (non-hydrogen) atoms. The van der Waals surface area contributed by atoms with Gasteiger partial charge in [-0.2, -0.15) is 0 Å². The van der Waals surface area contributed by atoms with Crippen LogP contribution in [0, 0.1) is 5.92 Å². The van der Waals surface area contributed by atoms with E-state index in [0.29, 0.717) is 5.91 Å². The molecule has 2 aliphatic rings. The van der Waals surface area contributed by atoms with Gasteiger partial charge in [0.15, 0.2) is 0 Å². The SMILES string of the molecule is CCCCCCCCCCCCCCC/C=C/CC1CC2=NCCCN2C1=O. The van der Waals surface area contributed by atoms with Crippen molar-refractivity contribution < 1.29 is 4.79 Å². The molecule has 1 unspecified atom stereocenters. The molecule has 2 rings (SSSR count). The average Bonchev–Trinajstić information content (AvgIpc) is 3.03. The number of fused-ring (bicyclic) bond motifs is 1. The molecule has 1 atom stereocenters. The maximum absolute atomic E-state index is 12.3. The monoisotopic (exact) mass is 388 g/mol. The van der Waals surface area contributed by atoms with Crippen LogP contribution in [0.4, 0.5) is 0 Å². The Bertz CT molecular complexity index is 483. The van der Waals surface area contributed by atoms with Gasteiger partial charge in [-0.3, -0.25) is 9.79 Å². The molecule has 1 saturated heterocycles. The van der Waals surface area contributed by atoms with Gasteiger partial charge >= 0.3 is 0 Å².